The van der Waals surface area contributed by atoms with Crippen molar-refractivity contribution >= 4 is 0 Å². The molecule has 1 heterocycles. The maximum atomic E-state index is 12.9. The first-order valence-electron chi connectivity index (χ1n) is 4.41. The molecule has 0 aliphatic rings. The zero-order valence-corrected chi connectivity index (χ0v) is 7.82. The Morgan fingerprint density at radius 1 is 1.20 bits per heavy atom. The van der Waals surface area contributed by atoms with Gasteiger partial charge in [-0.15, -0.1) is 0 Å². The van der Waals surface area contributed by atoms with Crippen LogP contribution in [0.2, 0.25) is 0 Å². The van der Waals surface area contributed by atoms with Crippen molar-refractivity contribution in [1.82, 2.24) is 9.78 Å². The third-order valence-electron chi connectivity index (χ3n) is 2.02. The van der Waals surface area contributed by atoms with Gasteiger partial charge in [-0.3, -0.25) is 0 Å². The summed E-state index contributed by atoms with van der Waals surface area (Å²) >= 11 is 0. The molecule has 1 aromatic carbocycles. The summed E-state index contributed by atoms with van der Waals surface area (Å²) in [5, 5.41) is 4.07. The first-order chi connectivity index (χ1) is 7.20. The van der Waals surface area contributed by atoms with E-state index in [0.29, 0.717) is 17.9 Å². The van der Waals surface area contributed by atoms with Gasteiger partial charge in [0.25, 0.3) is 0 Å². The molecule has 0 aliphatic carbocycles. The van der Waals surface area contributed by atoms with Crippen LogP contribution in [0, 0.1) is 11.6 Å². The van der Waals surface area contributed by atoms with Crippen molar-refractivity contribution in [3.63, 3.8) is 0 Å². The van der Waals surface area contributed by atoms with E-state index >= 15 is 0 Å². The second-order valence-corrected chi connectivity index (χ2v) is 3.05. The predicted molar refractivity (Wildman–Crippen MR) is 51.4 cm³/mol. The van der Waals surface area contributed by atoms with E-state index in [2.05, 4.69) is 5.10 Å². The molecule has 0 aliphatic heterocycles. The molecule has 0 bridgehead atoms. The van der Waals surface area contributed by atoms with Crippen LogP contribution >= 0.6 is 0 Å². The predicted octanol–water partition coefficient (Wildman–Crippen LogP) is 1.61. The molecule has 0 amide bonds. The summed E-state index contributed by atoms with van der Waals surface area (Å²) in [6.45, 7) is 0.316. The lowest BCUT2D eigenvalue weighted by Crippen LogP contribution is -2.01. The molecule has 0 unspecified atom stereocenters. The van der Waals surface area contributed by atoms with Crippen LogP contribution in [-0.2, 0) is 6.54 Å². The molecule has 2 aromatic rings. The largest absolute Gasteiger partial charge is 0.325 e. The fourth-order valence-electron chi connectivity index (χ4n) is 1.24. The van der Waals surface area contributed by atoms with E-state index < -0.39 is 11.6 Å². The Morgan fingerprint density at radius 3 is 2.60 bits per heavy atom. The van der Waals surface area contributed by atoms with Gasteiger partial charge in [0.1, 0.15) is 0 Å². The lowest BCUT2D eigenvalue weighted by molar-refractivity contribution is 0.507. The highest BCUT2D eigenvalue weighted by atomic mass is 19.2. The van der Waals surface area contributed by atoms with Crippen LogP contribution in [0.1, 0.15) is 5.69 Å². The Morgan fingerprint density at radius 2 is 2.00 bits per heavy atom. The highest BCUT2D eigenvalue weighted by Crippen LogP contribution is 2.12. The first kappa shape index (κ1) is 9.79. The second-order valence-electron chi connectivity index (χ2n) is 3.05. The van der Waals surface area contributed by atoms with E-state index in [4.69, 9.17) is 5.73 Å². The third kappa shape index (κ3) is 1.87. The summed E-state index contributed by atoms with van der Waals surface area (Å²) in [6, 6.07) is 5.32. The topological polar surface area (TPSA) is 43.8 Å². The maximum Gasteiger partial charge on any atom is 0.160 e. The first-order valence-corrected chi connectivity index (χ1v) is 4.41. The lowest BCUT2D eigenvalue weighted by atomic mass is 10.3. The van der Waals surface area contributed by atoms with E-state index in [1.165, 1.54) is 10.7 Å². The molecular formula is C10H9F2N3. The number of nitrogens with zero attached hydrogens (tertiary/aromatic N) is 2. The van der Waals surface area contributed by atoms with Gasteiger partial charge in [-0.25, -0.2) is 13.5 Å². The Hall–Kier alpha value is -1.75. The zero-order chi connectivity index (χ0) is 10.8. The van der Waals surface area contributed by atoms with E-state index in [1.807, 2.05) is 0 Å². The van der Waals surface area contributed by atoms with Crippen molar-refractivity contribution in [2.45, 2.75) is 6.54 Å². The Labute approximate surface area is 85.1 Å². The number of hydrogen-bond donors (Lipinski definition) is 1. The van der Waals surface area contributed by atoms with Crippen molar-refractivity contribution in [1.29, 1.82) is 0 Å². The maximum absolute atomic E-state index is 12.9. The minimum atomic E-state index is -0.891. The third-order valence-corrected chi connectivity index (χ3v) is 2.02. The minimum Gasteiger partial charge on any atom is -0.325 e. The molecule has 5 heteroatoms. The van der Waals surface area contributed by atoms with E-state index in [0.717, 1.165) is 12.1 Å². The van der Waals surface area contributed by atoms with Crippen LogP contribution in [0.25, 0.3) is 5.69 Å². The van der Waals surface area contributed by atoms with Gasteiger partial charge in [-0.2, -0.15) is 5.10 Å². The summed E-state index contributed by atoms with van der Waals surface area (Å²) in [5.74, 6) is -1.76. The number of hydrogen-bond acceptors (Lipinski definition) is 2. The van der Waals surface area contributed by atoms with Gasteiger partial charge in [0.15, 0.2) is 11.6 Å². The van der Waals surface area contributed by atoms with Crippen molar-refractivity contribution in [2.24, 2.45) is 5.73 Å². The summed E-state index contributed by atoms with van der Waals surface area (Å²) in [5.41, 5.74) is 6.55. The summed E-state index contributed by atoms with van der Waals surface area (Å²) in [7, 11) is 0. The highest BCUT2D eigenvalue weighted by molar-refractivity contribution is 5.32. The average Bonchev–Trinajstić information content (AvgIpc) is 2.70. The fourth-order valence-corrected chi connectivity index (χ4v) is 1.24. The van der Waals surface area contributed by atoms with Crippen LogP contribution in [0.5, 0.6) is 0 Å². The number of halogens is 2. The molecule has 2 rings (SSSR count). The van der Waals surface area contributed by atoms with E-state index in [-0.39, 0.29) is 0 Å². The molecule has 78 valence electrons. The molecule has 2 N–H and O–H groups in total. The summed E-state index contributed by atoms with van der Waals surface area (Å²) in [6.07, 6.45) is 1.65. The van der Waals surface area contributed by atoms with Gasteiger partial charge < -0.3 is 5.73 Å². The van der Waals surface area contributed by atoms with Gasteiger partial charge in [-0.1, -0.05) is 0 Å². The number of rotatable bonds is 2. The molecule has 0 spiro atoms. The van der Waals surface area contributed by atoms with Crippen LogP contribution in [0.4, 0.5) is 8.78 Å². The SMILES string of the molecule is NCc1ccn(-c2ccc(F)c(F)c2)n1. The molecule has 0 saturated heterocycles. The molecule has 0 saturated carbocycles. The average molecular weight is 209 g/mol. The van der Waals surface area contributed by atoms with Gasteiger partial charge in [0.2, 0.25) is 0 Å². The second kappa shape index (κ2) is 3.78. The Balaban J connectivity index is 2.40. The standard InChI is InChI=1S/C10H9F2N3/c11-9-2-1-8(5-10(9)12)15-4-3-7(6-13)14-15/h1-5H,6,13H2. The van der Waals surface area contributed by atoms with Crippen molar-refractivity contribution < 1.29 is 8.78 Å². The summed E-state index contributed by atoms with van der Waals surface area (Å²) < 4.78 is 27.0. The molecule has 3 nitrogen and oxygen atoms in total. The molecule has 0 atom stereocenters. The van der Waals surface area contributed by atoms with Crippen molar-refractivity contribution in [2.75, 3.05) is 0 Å². The lowest BCUT2D eigenvalue weighted by Gasteiger charge is -2.01. The minimum absolute atomic E-state index is 0.316. The van der Waals surface area contributed by atoms with Crippen molar-refractivity contribution in [3.05, 3.63) is 47.8 Å². The Kier molecular flexibility index (Phi) is 2.47. The zero-order valence-electron chi connectivity index (χ0n) is 7.82. The smallest absolute Gasteiger partial charge is 0.160 e. The van der Waals surface area contributed by atoms with Crippen LogP contribution in [0.15, 0.2) is 30.5 Å². The molecule has 1 aromatic heterocycles. The number of aromatic nitrogens is 2. The van der Waals surface area contributed by atoms with Gasteiger partial charge >= 0.3 is 0 Å². The van der Waals surface area contributed by atoms with Gasteiger partial charge in [0, 0.05) is 18.8 Å². The number of benzene rings is 1. The Bertz CT molecular complexity index is 479. The van der Waals surface area contributed by atoms with Gasteiger partial charge in [0.05, 0.1) is 11.4 Å². The highest BCUT2D eigenvalue weighted by Gasteiger charge is 2.04. The van der Waals surface area contributed by atoms with Crippen LogP contribution < -0.4 is 5.73 Å². The molecule has 0 radical (unpaired) electrons. The van der Waals surface area contributed by atoms with Gasteiger partial charge in [-0.05, 0) is 18.2 Å². The van der Waals surface area contributed by atoms with E-state index in [1.54, 1.807) is 12.3 Å². The van der Waals surface area contributed by atoms with Crippen molar-refractivity contribution in [3.8, 4) is 5.69 Å². The molecule has 0 fully saturated rings. The van der Waals surface area contributed by atoms with E-state index in [9.17, 15) is 8.78 Å². The van der Waals surface area contributed by atoms with Crippen LogP contribution in [0.3, 0.4) is 0 Å². The quantitative estimate of drug-likeness (QED) is 0.816. The van der Waals surface area contributed by atoms with Crippen LogP contribution in [-0.4, -0.2) is 9.78 Å². The monoisotopic (exact) mass is 209 g/mol. The molecule has 15 heavy (non-hydrogen) atoms. The summed E-state index contributed by atoms with van der Waals surface area (Å²) in [4.78, 5) is 0. The fraction of sp³-hybridized carbons (Fsp3) is 0.100. The molecular weight excluding hydrogens is 200 g/mol. The number of nitrogens with two attached hydrogens (primary N) is 1. The normalized spacial score (nSPS) is 10.6.